The Bertz CT molecular complexity index is 278. The number of aryl methyl sites for hydroxylation is 1. The molecule has 5 heteroatoms. The minimum absolute atomic E-state index is 0.303. The van der Waals surface area contributed by atoms with Crippen molar-refractivity contribution in [3.8, 4) is 0 Å². The molecule has 0 fully saturated rings. The van der Waals surface area contributed by atoms with Crippen molar-refractivity contribution in [3.63, 3.8) is 0 Å². The average molecular weight is 207 g/mol. The molecule has 0 amide bonds. The SMILES string of the molecule is Cc1nc(Cl)c(C=S)c(Cl)n1. The van der Waals surface area contributed by atoms with Gasteiger partial charge in [0.1, 0.15) is 16.1 Å². The van der Waals surface area contributed by atoms with E-state index in [0.717, 1.165) is 0 Å². The second-order valence-corrected chi connectivity index (χ2v) is 2.84. The molecule has 0 aliphatic rings. The summed E-state index contributed by atoms with van der Waals surface area (Å²) in [5.41, 5.74) is 0.508. The quantitative estimate of drug-likeness (QED) is 0.522. The number of nitrogens with zero attached hydrogens (tertiary/aromatic N) is 2. The molecule has 1 aromatic rings. The van der Waals surface area contributed by atoms with Crippen LogP contribution in [0.4, 0.5) is 0 Å². The van der Waals surface area contributed by atoms with Gasteiger partial charge in [0, 0.05) is 5.37 Å². The summed E-state index contributed by atoms with van der Waals surface area (Å²) in [6.07, 6.45) is 0. The van der Waals surface area contributed by atoms with Crippen molar-refractivity contribution in [2.45, 2.75) is 6.92 Å². The van der Waals surface area contributed by atoms with Crippen molar-refractivity contribution < 1.29 is 0 Å². The van der Waals surface area contributed by atoms with E-state index in [1.54, 1.807) is 6.92 Å². The highest BCUT2D eigenvalue weighted by molar-refractivity contribution is 7.79. The Balaban J connectivity index is 3.36. The third-order valence-electron chi connectivity index (χ3n) is 1.08. The average Bonchev–Trinajstić information content (AvgIpc) is 1.85. The van der Waals surface area contributed by atoms with Crippen LogP contribution in [0.2, 0.25) is 10.3 Å². The summed E-state index contributed by atoms with van der Waals surface area (Å²) in [4.78, 5) is 7.75. The fraction of sp³-hybridized carbons (Fsp3) is 0.167. The molecule has 0 radical (unpaired) electrons. The Morgan fingerprint density at radius 2 is 1.73 bits per heavy atom. The van der Waals surface area contributed by atoms with E-state index in [2.05, 4.69) is 22.2 Å². The van der Waals surface area contributed by atoms with Crippen molar-refractivity contribution in [1.82, 2.24) is 9.97 Å². The van der Waals surface area contributed by atoms with Gasteiger partial charge in [0.2, 0.25) is 0 Å². The van der Waals surface area contributed by atoms with E-state index in [-0.39, 0.29) is 0 Å². The smallest absolute Gasteiger partial charge is 0.142 e. The predicted octanol–water partition coefficient (Wildman–Crippen LogP) is 2.44. The van der Waals surface area contributed by atoms with Gasteiger partial charge in [-0.2, -0.15) is 0 Å². The summed E-state index contributed by atoms with van der Waals surface area (Å²) in [5.74, 6) is 0.542. The lowest BCUT2D eigenvalue weighted by atomic mass is 10.4. The van der Waals surface area contributed by atoms with Crippen LogP contribution in [0.3, 0.4) is 0 Å². The number of aromatic nitrogens is 2. The molecular formula is C6H4Cl2N2S. The third kappa shape index (κ3) is 1.86. The van der Waals surface area contributed by atoms with Crippen molar-refractivity contribution in [2.24, 2.45) is 0 Å². The summed E-state index contributed by atoms with van der Waals surface area (Å²) in [6, 6.07) is 0. The predicted molar refractivity (Wildman–Crippen MR) is 49.5 cm³/mol. The molecule has 0 aliphatic carbocycles. The van der Waals surface area contributed by atoms with E-state index in [0.29, 0.717) is 21.7 Å². The topological polar surface area (TPSA) is 25.8 Å². The lowest BCUT2D eigenvalue weighted by Crippen LogP contribution is -1.94. The van der Waals surface area contributed by atoms with Gasteiger partial charge in [-0.25, -0.2) is 9.97 Å². The van der Waals surface area contributed by atoms with Crippen molar-refractivity contribution in [2.75, 3.05) is 0 Å². The molecule has 0 unspecified atom stereocenters. The monoisotopic (exact) mass is 206 g/mol. The van der Waals surface area contributed by atoms with Gasteiger partial charge in [0.15, 0.2) is 0 Å². The molecule has 0 saturated heterocycles. The van der Waals surface area contributed by atoms with E-state index >= 15 is 0 Å². The molecule has 1 aromatic heterocycles. The summed E-state index contributed by atoms with van der Waals surface area (Å²) < 4.78 is 0. The Morgan fingerprint density at radius 1 is 1.27 bits per heavy atom. The van der Waals surface area contributed by atoms with Crippen LogP contribution in [0.25, 0.3) is 0 Å². The molecule has 1 rings (SSSR count). The second kappa shape index (κ2) is 3.43. The van der Waals surface area contributed by atoms with Gasteiger partial charge in [0.05, 0.1) is 5.56 Å². The fourth-order valence-corrected chi connectivity index (χ4v) is 1.55. The van der Waals surface area contributed by atoms with Crippen LogP contribution < -0.4 is 0 Å². The number of thiocarbonyl (C=S) groups is 1. The zero-order valence-electron chi connectivity index (χ0n) is 5.64. The van der Waals surface area contributed by atoms with Crippen LogP contribution in [0.5, 0.6) is 0 Å². The van der Waals surface area contributed by atoms with Crippen LogP contribution in [-0.2, 0) is 0 Å². The molecule has 0 bridgehead atoms. The number of halogens is 2. The van der Waals surface area contributed by atoms with E-state index in [9.17, 15) is 0 Å². The maximum Gasteiger partial charge on any atom is 0.142 e. The van der Waals surface area contributed by atoms with Gasteiger partial charge in [0.25, 0.3) is 0 Å². The lowest BCUT2D eigenvalue weighted by Gasteiger charge is -1.99. The maximum absolute atomic E-state index is 5.70. The first-order valence-corrected chi connectivity index (χ1v) is 4.02. The summed E-state index contributed by atoms with van der Waals surface area (Å²) in [6.45, 7) is 1.71. The van der Waals surface area contributed by atoms with Crippen LogP contribution in [0.1, 0.15) is 11.4 Å². The molecule has 2 nitrogen and oxygen atoms in total. The third-order valence-corrected chi connectivity index (χ3v) is 1.89. The Hall–Kier alpha value is -0.250. The molecular weight excluding hydrogens is 203 g/mol. The summed E-state index contributed by atoms with van der Waals surface area (Å²) in [7, 11) is 0. The molecule has 0 N–H and O–H groups in total. The molecule has 0 spiro atoms. The van der Waals surface area contributed by atoms with Crippen LogP contribution in [0.15, 0.2) is 0 Å². The number of hydrogen-bond acceptors (Lipinski definition) is 3. The van der Waals surface area contributed by atoms with E-state index < -0.39 is 0 Å². The van der Waals surface area contributed by atoms with Gasteiger partial charge < -0.3 is 0 Å². The first kappa shape index (κ1) is 8.84. The van der Waals surface area contributed by atoms with E-state index in [1.807, 2.05) is 0 Å². The first-order chi connectivity index (χ1) is 5.15. The zero-order valence-corrected chi connectivity index (χ0v) is 7.96. The number of hydrogen-bond donors (Lipinski definition) is 0. The van der Waals surface area contributed by atoms with Gasteiger partial charge >= 0.3 is 0 Å². The largest absolute Gasteiger partial charge is 0.221 e. The molecule has 1 heterocycles. The molecule has 0 aliphatic heterocycles. The molecule has 11 heavy (non-hydrogen) atoms. The lowest BCUT2D eigenvalue weighted by molar-refractivity contribution is 1.05. The summed E-state index contributed by atoms with van der Waals surface area (Å²) >= 11 is 16.1. The Kier molecular flexibility index (Phi) is 2.76. The fourth-order valence-electron chi connectivity index (χ4n) is 0.612. The Labute approximate surface area is 79.6 Å². The van der Waals surface area contributed by atoms with Crippen LogP contribution in [-0.4, -0.2) is 15.3 Å². The van der Waals surface area contributed by atoms with Gasteiger partial charge in [-0.05, 0) is 6.92 Å². The molecule has 58 valence electrons. The highest BCUT2D eigenvalue weighted by Gasteiger charge is 2.05. The highest BCUT2D eigenvalue weighted by Crippen LogP contribution is 2.18. The van der Waals surface area contributed by atoms with Gasteiger partial charge in [-0.15, -0.1) is 0 Å². The van der Waals surface area contributed by atoms with Crippen LogP contribution in [0, 0.1) is 6.92 Å². The van der Waals surface area contributed by atoms with E-state index in [1.165, 1.54) is 5.37 Å². The van der Waals surface area contributed by atoms with Gasteiger partial charge in [-0.1, -0.05) is 35.4 Å². The standard InChI is InChI=1S/C6H4Cl2N2S/c1-3-9-5(7)4(2-11)6(8)10-3/h2H,1H3. The molecule has 0 aromatic carbocycles. The van der Waals surface area contributed by atoms with Gasteiger partial charge in [-0.3, -0.25) is 0 Å². The van der Waals surface area contributed by atoms with Crippen molar-refractivity contribution >= 4 is 40.8 Å². The summed E-state index contributed by atoms with van der Waals surface area (Å²) in [5, 5.41) is 1.97. The maximum atomic E-state index is 5.70. The Morgan fingerprint density at radius 3 is 2.09 bits per heavy atom. The first-order valence-electron chi connectivity index (χ1n) is 2.80. The molecule has 0 atom stereocenters. The van der Waals surface area contributed by atoms with Crippen LogP contribution >= 0.6 is 35.4 Å². The molecule has 0 saturated carbocycles. The zero-order chi connectivity index (χ0) is 8.43. The highest BCUT2D eigenvalue weighted by atomic mass is 35.5. The minimum Gasteiger partial charge on any atom is -0.221 e. The van der Waals surface area contributed by atoms with E-state index in [4.69, 9.17) is 23.2 Å². The van der Waals surface area contributed by atoms with Crippen molar-refractivity contribution in [1.29, 1.82) is 0 Å². The normalized spacial score (nSPS) is 9.73. The number of rotatable bonds is 1. The minimum atomic E-state index is 0.303. The van der Waals surface area contributed by atoms with Crippen molar-refractivity contribution in [3.05, 3.63) is 21.7 Å². The second-order valence-electron chi connectivity index (χ2n) is 1.88.